The number of hydrogen-bond donors (Lipinski definition) is 2. The van der Waals surface area contributed by atoms with Crippen molar-refractivity contribution in [3.05, 3.63) is 29.8 Å². The standard InChI is InChI=1S/C15H23NO/c1-11-3-6-15(9-12(11)2)16-14-7-4-13(10-17)5-8-14/h4-5,7-8,11-12,15-17H,3,6,9-10H2,1-2H3. The summed E-state index contributed by atoms with van der Waals surface area (Å²) in [5, 5.41) is 12.6. The van der Waals surface area contributed by atoms with Crippen molar-refractivity contribution in [2.45, 2.75) is 45.8 Å². The van der Waals surface area contributed by atoms with Crippen LogP contribution in [-0.4, -0.2) is 11.1 Å². The number of anilines is 1. The van der Waals surface area contributed by atoms with E-state index in [1.165, 1.54) is 24.9 Å². The summed E-state index contributed by atoms with van der Waals surface area (Å²) in [5.74, 6) is 1.68. The molecule has 0 radical (unpaired) electrons. The minimum Gasteiger partial charge on any atom is -0.392 e. The topological polar surface area (TPSA) is 32.3 Å². The third-order valence-corrected chi connectivity index (χ3v) is 4.11. The molecule has 0 aromatic heterocycles. The molecule has 2 N–H and O–H groups in total. The van der Waals surface area contributed by atoms with Crippen LogP contribution in [0.25, 0.3) is 0 Å². The van der Waals surface area contributed by atoms with Crippen LogP contribution in [0.3, 0.4) is 0 Å². The lowest BCUT2D eigenvalue weighted by Gasteiger charge is -2.33. The van der Waals surface area contributed by atoms with Crippen LogP contribution in [0.15, 0.2) is 24.3 Å². The van der Waals surface area contributed by atoms with Crippen molar-refractivity contribution in [2.75, 3.05) is 5.32 Å². The largest absolute Gasteiger partial charge is 0.392 e. The van der Waals surface area contributed by atoms with Crippen LogP contribution in [0, 0.1) is 11.8 Å². The van der Waals surface area contributed by atoms with Gasteiger partial charge in [-0.25, -0.2) is 0 Å². The molecule has 2 rings (SSSR count). The summed E-state index contributed by atoms with van der Waals surface area (Å²) in [6.07, 6.45) is 3.86. The fourth-order valence-electron chi connectivity index (χ4n) is 2.62. The summed E-state index contributed by atoms with van der Waals surface area (Å²) in [6.45, 7) is 4.84. The number of aliphatic hydroxyl groups excluding tert-OH is 1. The molecule has 1 aliphatic carbocycles. The molecule has 1 aliphatic rings. The van der Waals surface area contributed by atoms with Crippen LogP contribution >= 0.6 is 0 Å². The summed E-state index contributed by atoms with van der Waals surface area (Å²) in [7, 11) is 0. The van der Waals surface area contributed by atoms with Gasteiger partial charge in [0.2, 0.25) is 0 Å². The molecule has 0 spiro atoms. The second kappa shape index (κ2) is 5.54. The van der Waals surface area contributed by atoms with Crippen molar-refractivity contribution < 1.29 is 5.11 Å². The molecule has 0 heterocycles. The second-order valence-electron chi connectivity index (χ2n) is 5.46. The van der Waals surface area contributed by atoms with Crippen molar-refractivity contribution in [3.63, 3.8) is 0 Å². The van der Waals surface area contributed by atoms with E-state index in [-0.39, 0.29) is 6.61 Å². The Morgan fingerprint density at radius 3 is 2.41 bits per heavy atom. The van der Waals surface area contributed by atoms with E-state index in [1.54, 1.807) is 0 Å². The highest BCUT2D eigenvalue weighted by Gasteiger charge is 2.24. The highest BCUT2D eigenvalue weighted by molar-refractivity contribution is 5.45. The molecule has 0 bridgehead atoms. The number of aliphatic hydroxyl groups is 1. The van der Waals surface area contributed by atoms with Gasteiger partial charge >= 0.3 is 0 Å². The van der Waals surface area contributed by atoms with E-state index in [0.29, 0.717) is 6.04 Å². The first-order valence-corrected chi connectivity index (χ1v) is 6.65. The smallest absolute Gasteiger partial charge is 0.0681 e. The molecular formula is C15H23NO. The fraction of sp³-hybridized carbons (Fsp3) is 0.600. The van der Waals surface area contributed by atoms with E-state index in [4.69, 9.17) is 5.11 Å². The van der Waals surface area contributed by atoms with Crippen molar-refractivity contribution >= 4 is 5.69 Å². The van der Waals surface area contributed by atoms with Crippen LogP contribution in [0.1, 0.15) is 38.7 Å². The Morgan fingerprint density at radius 1 is 1.12 bits per heavy atom. The Labute approximate surface area is 104 Å². The zero-order chi connectivity index (χ0) is 12.3. The Morgan fingerprint density at radius 2 is 1.82 bits per heavy atom. The van der Waals surface area contributed by atoms with Gasteiger partial charge < -0.3 is 10.4 Å². The van der Waals surface area contributed by atoms with Crippen molar-refractivity contribution in [3.8, 4) is 0 Å². The van der Waals surface area contributed by atoms with Crippen molar-refractivity contribution in [2.24, 2.45) is 11.8 Å². The first kappa shape index (κ1) is 12.4. The molecule has 94 valence electrons. The van der Waals surface area contributed by atoms with Crippen molar-refractivity contribution in [1.29, 1.82) is 0 Å². The van der Waals surface area contributed by atoms with E-state index in [2.05, 4.69) is 31.3 Å². The van der Waals surface area contributed by atoms with Crippen LogP contribution in [0.4, 0.5) is 5.69 Å². The molecule has 1 aromatic carbocycles. The minimum atomic E-state index is 0.123. The molecule has 1 fully saturated rings. The molecule has 2 heteroatoms. The third kappa shape index (κ3) is 3.22. The lowest BCUT2D eigenvalue weighted by molar-refractivity contribution is 0.261. The zero-order valence-electron chi connectivity index (χ0n) is 10.8. The first-order valence-electron chi connectivity index (χ1n) is 6.65. The van der Waals surface area contributed by atoms with Crippen LogP contribution < -0.4 is 5.32 Å². The number of hydrogen-bond acceptors (Lipinski definition) is 2. The fourth-order valence-corrected chi connectivity index (χ4v) is 2.62. The molecule has 3 unspecified atom stereocenters. The van der Waals surface area contributed by atoms with Crippen LogP contribution in [-0.2, 0) is 6.61 Å². The maximum absolute atomic E-state index is 8.99. The second-order valence-corrected chi connectivity index (χ2v) is 5.46. The van der Waals surface area contributed by atoms with Crippen LogP contribution in [0.5, 0.6) is 0 Å². The van der Waals surface area contributed by atoms with Gasteiger partial charge in [-0.2, -0.15) is 0 Å². The highest BCUT2D eigenvalue weighted by Crippen LogP contribution is 2.31. The van der Waals surface area contributed by atoms with E-state index >= 15 is 0 Å². The Hall–Kier alpha value is -1.02. The zero-order valence-corrected chi connectivity index (χ0v) is 10.8. The predicted octanol–water partition coefficient (Wildman–Crippen LogP) is 3.42. The summed E-state index contributed by atoms with van der Waals surface area (Å²) in [4.78, 5) is 0. The predicted molar refractivity (Wildman–Crippen MR) is 72.0 cm³/mol. The highest BCUT2D eigenvalue weighted by atomic mass is 16.3. The van der Waals surface area contributed by atoms with Gasteiger partial charge in [0.15, 0.2) is 0 Å². The van der Waals surface area contributed by atoms with Gasteiger partial charge in [0.05, 0.1) is 6.61 Å². The van der Waals surface area contributed by atoms with E-state index in [1.807, 2.05) is 12.1 Å². The normalized spacial score (nSPS) is 29.0. The summed E-state index contributed by atoms with van der Waals surface area (Å²) in [5.41, 5.74) is 2.15. The van der Waals surface area contributed by atoms with Crippen molar-refractivity contribution in [1.82, 2.24) is 0 Å². The summed E-state index contributed by atoms with van der Waals surface area (Å²) < 4.78 is 0. The molecule has 1 aromatic rings. The SMILES string of the molecule is CC1CCC(Nc2ccc(CO)cc2)CC1C. The van der Waals surface area contributed by atoms with Gasteiger partial charge in [-0.05, 0) is 48.8 Å². The molecule has 2 nitrogen and oxygen atoms in total. The quantitative estimate of drug-likeness (QED) is 0.838. The molecule has 3 atom stereocenters. The molecule has 17 heavy (non-hydrogen) atoms. The Kier molecular flexibility index (Phi) is 4.06. The Bertz CT molecular complexity index is 346. The maximum atomic E-state index is 8.99. The lowest BCUT2D eigenvalue weighted by atomic mass is 9.79. The van der Waals surface area contributed by atoms with Gasteiger partial charge in [-0.1, -0.05) is 26.0 Å². The molecule has 1 saturated carbocycles. The van der Waals surface area contributed by atoms with E-state index < -0.39 is 0 Å². The number of benzene rings is 1. The maximum Gasteiger partial charge on any atom is 0.0681 e. The third-order valence-electron chi connectivity index (χ3n) is 4.11. The van der Waals surface area contributed by atoms with Crippen LogP contribution in [0.2, 0.25) is 0 Å². The lowest BCUT2D eigenvalue weighted by Crippen LogP contribution is -2.30. The van der Waals surface area contributed by atoms with E-state index in [9.17, 15) is 0 Å². The number of rotatable bonds is 3. The average Bonchev–Trinajstić information content (AvgIpc) is 2.35. The molecular weight excluding hydrogens is 210 g/mol. The summed E-state index contributed by atoms with van der Waals surface area (Å²) in [6, 6.07) is 8.71. The summed E-state index contributed by atoms with van der Waals surface area (Å²) >= 11 is 0. The Balaban J connectivity index is 1.92. The van der Waals surface area contributed by atoms with Gasteiger partial charge in [0, 0.05) is 11.7 Å². The number of nitrogens with one attached hydrogen (secondary N) is 1. The molecule has 0 saturated heterocycles. The minimum absolute atomic E-state index is 0.123. The first-order chi connectivity index (χ1) is 8.19. The van der Waals surface area contributed by atoms with Gasteiger partial charge in [0.1, 0.15) is 0 Å². The molecule has 0 amide bonds. The van der Waals surface area contributed by atoms with E-state index in [0.717, 1.165) is 17.4 Å². The average molecular weight is 233 g/mol. The monoisotopic (exact) mass is 233 g/mol. The molecule has 0 aliphatic heterocycles. The van der Waals surface area contributed by atoms with Gasteiger partial charge in [0.25, 0.3) is 0 Å². The van der Waals surface area contributed by atoms with Gasteiger partial charge in [-0.15, -0.1) is 0 Å². The van der Waals surface area contributed by atoms with Gasteiger partial charge in [-0.3, -0.25) is 0 Å².